The average molecular weight is 373 g/mol. The molecule has 0 aromatic heterocycles. The first-order valence-electron chi connectivity index (χ1n) is 7.96. The number of ether oxygens (including phenoxy) is 2. The van der Waals surface area contributed by atoms with E-state index < -0.39 is 15.9 Å². The molecule has 0 saturated carbocycles. The molecule has 7 heteroatoms. The fourth-order valence-corrected chi connectivity index (χ4v) is 4.09. The minimum absolute atomic E-state index is 0.144. The first kappa shape index (κ1) is 18.0. The summed E-state index contributed by atoms with van der Waals surface area (Å²) in [6, 6.07) is 13.1. The molecule has 1 amide bonds. The number of nitrogens with zero attached hydrogens (tertiary/aromatic N) is 1. The van der Waals surface area contributed by atoms with Gasteiger partial charge in [0.1, 0.15) is 11.5 Å². The van der Waals surface area contributed by atoms with Gasteiger partial charge in [0, 0.05) is 16.7 Å². The number of carbonyl (C=O) groups is 1. The zero-order chi connectivity index (χ0) is 18.7. The first-order chi connectivity index (χ1) is 12.4. The number of amides is 1. The molecule has 1 aliphatic rings. The maximum absolute atomic E-state index is 13.2. The Labute approximate surface area is 152 Å². The molecule has 0 unspecified atom stereocenters. The number of benzene rings is 2. The molecule has 1 heterocycles. The Kier molecular flexibility index (Phi) is 4.99. The van der Waals surface area contributed by atoms with Gasteiger partial charge in [-0.1, -0.05) is 6.07 Å². The van der Waals surface area contributed by atoms with Crippen LogP contribution in [0.4, 0.5) is 5.69 Å². The van der Waals surface area contributed by atoms with E-state index in [2.05, 4.69) is 0 Å². The molecule has 2 aromatic rings. The van der Waals surface area contributed by atoms with Gasteiger partial charge in [0.25, 0.3) is 5.91 Å². The molecule has 0 radical (unpaired) electrons. The van der Waals surface area contributed by atoms with Crippen LogP contribution in [-0.2, 0) is 9.84 Å². The highest BCUT2D eigenvalue weighted by atomic mass is 32.2. The summed E-state index contributed by atoms with van der Waals surface area (Å²) in [5, 5.41) is 1.16. The largest absolute Gasteiger partial charge is 0.497 e. The van der Waals surface area contributed by atoms with E-state index in [0.29, 0.717) is 22.7 Å². The number of sulfone groups is 1. The Morgan fingerprint density at radius 1 is 1.04 bits per heavy atom. The molecular weight excluding hydrogens is 354 g/mol. The van der Waals surface area contributed by atoms with E-state index in [-0.39, 0.29) is 11.7 Å². The van der Waals surface area contributed by atoms with E-state index >= 15 is 0 Å². The number of anilines is 1. The van der Waals surface area contributed by atoms with Crippen molar-refractivity contribution in [1.29, 1.82) is 0 Å². The fraction of sp³-hybridized carbons (Fsp3) is 0.211. The van der Waals surface area contributed by atoms with E-state index in [1.54, 1.807) is 55.6 Å². The van der Waals surface area contributed by atoms with Gasteiger partial charge in [-0.3, -0.25) is 4.79 Å². The van der Waals surface area contributed by atoms with Crippen LogP contribution in [0, 0.1) is 0 Å². The Morgan fingerprint density at radius 2 is 1.73 bits per heavy atom. The van der Waals surface area contributed by atoms with Crippen molar-refractivity contribution in [3.05, 3.63) is 65.6 Å². The number of methoxy groups -OCH3 is 2. The normalized spacial score (nSPS) is 17.7. The van der Waals surface area contributed by atoms with Gasteiger partial charge in [0.2, 0.25) is 0 Å². The number of carbonyl (C=O) groups excluding carboxylic acids is 1. The minimum Gasteiger partial charge on any atom is -0.497 e. The summed E-state index contributed by atoms with van der Waals surface area (Å²) in [6.45, 7) is 0. The van der Waals surface area contributed by atoms with Crippen LogP contribution in [0.25, 0.3) is 0 Å². The molecule has 0 bridgehead atoms. The summed E-state index contributed by atoms with van der Waals surface area (Å²) in [6.07, 6.45) is 1.54. The van der Waals surface area contributed by atoms with Crippen molar-refractivity contribution in [2.45, 2.75) is 6.04 Å². The first-order valence-corrected chi connectivity index (χ1v) is 9.68. The summed E-state index contributed by atoms with van der Waals surface area (Å²) in [5.41, 5.74) is 1.00. The lowest BCUT2D eigenvalue weighted by Gasteiger charge is -2.28. The van der Waals surface area contributed by atoms with E-state index in [1.807, 2.05) is 0 Å². The Balaban J connectivity index is 2.01. The van der Waals surface area contributed by atoms with E-state index in [1.165, 1.54) is 18.1 Å². The second-order valence-electron chi connectivity index (χ2n) is 5.83. The lowest BCUT2D eigenvalue weighted by atomic mass is 10.1. The summed E-state index contributed by atoms with van der Waals surface area (Å²) < 4.78 is 34.1. The molecule has 2 aromatic carbocycles. The quantitative estimate of drug-likeness (QED) is 0.806. The van der Waals surface area contributed by atoms with Gasteiger partial charge in [-0.2, -0.15) is 0 Å². The fourth-order valence-electron chi connectivity index (χ4n) is 2.82. The van der Waals surface area contributed by atoms with Crippen molar-refractivity contribution in [1.82, 2.24) is 0 Å². The van der Waals surface area contributed by atoms with Crippen LogP contribution in [0.3, 0.4) is 0 Å². The monoisotopic (exact) mass is 373 g/mol. The molecule has 136 valence electrons. The lowest BCUT2D eigenvalue weighted by molar-refractivity contribution is 0.0983. The van der Waals surface area contributed by atoms with Crippen LogP contribution in [0.1, 0.15) is 10.4 Å². The number of hydrogen-bond donors (Lipinski definition) is 0. The van der Waals surface area contributed by atoms with Crippen molar-refractivity contribution >= 4 is 21.4 Å². The van der Waals surface area contributed by atoms with Crippen LogP contribution in [0.15, 0.2) is 60.0 Å². The Morgan fingerprint density at radius 3 is 2.31 bits per heavy atom. The van der Waals surface area contributed by atoms with Gasteiger partial charge >= 0.3 is 0 Å². The average Bonchev–Trinajstić information content (AvgIpc) is 3.01. The maximum atomic E-state index is 13.2. The van der Waals surface area contributed by atoms with Gasteiger partial charge in [0.05, 0.1) is 26.0 Å². The number of rotatable bonds is 5. The topological polar surface area (TPSA) is 72.9 Å². The second-order valence-corrected chi connectivity index (χ2v) is 7.76. The van der Waals surface area contributed by atoms with Crippen LogP contribution in [-0.4, -0.2) is 40.3 Å². The molecular formula is C19H19NO5S. The summed E-state index contributed by atoms with van der Waals surface area (Å²) in [4.78, 5) is 14.7. The van der Waals surface area contributed by atoms with Crippen LogP contribution >= 0.6 is 0 Å². The summed E-state index contributed by atoms with van der Waals surface area (Å²) in [7, 11) is -0.233. The number of hydrogen-bond acceptors (Lipinski definition) is 5. The zero-order valence-electron chi connectivity index (χ0n) is 14.5. The highest BCUT2D eigenvalue weighted by Gasteiger charge is 2.32. The van der Waals surface area contributed by atoms with E-state index in [9.17, 15) is 13.2 Å². The Bertz CT molecular complexity index is 935. The van der Waals surface area contributed by atoms with E-state index in [0.717, 1.165) is 5.41 Å². The van der Waals surface area contributed by atoms with Gasteiger partial charge in [-0.15, -0.1) is 0 Å². The van der Waals surface area contributed by atoms with Crippen LogP contribution in [0.5, 0.6) is 11.5 Å². The molecule has 26 heavy (non-hydrogen) atoms. The smallest absolute Gasteiger partial charge is 0.258 e. The minimum atomic E-state index is -3.31. The predicted molar refractivity (Wildman–Crippen MR) is 99.5 cm³/mol. The van der Waals surface area contributed by atoms with Gasteiger partial charge in [0.15, 0.2) is 9.84 Å². The molecule has 0 saturated heterocycles. The molecule has 1 aliphatic heterocycles. The molecule has 0 fully saturated rings. The van der Waals surface area contributed by atoms with Crippen molar-refractivity contribution in [3.63, 3.8) is 0 Å². The van der Waals surface area contributed by atoms with Crippen molar-refractivity contribution in [2.24, 2.45) is 0 Å². The third kappa shape index (κ3) is 3.72. The molecule has 0 spiro atoms. The highest BCUT2D eigenvalue weighted by molar-refractivity contribution is 7.94. The van der Waals surface area contributed by atoms with E-state index in [4.69, 9.17) is 9.47 Å². The summed E-state index contributed by atoms with van der Waals surface area (Å²) in [5.74, 6) is 0.757. The van der Waals surface area contributed by atoms with Crippen molar-refractivity contribution in [3.8, 4) is 11.5 Å². The molecule has 0 N–H and O–H groups in total. The van der Waals surface area contributed by atoms with Crippen LogP contribution in [0.2, 0.25) is 0 Å². The van der Waals surface area contributed by atoms with Gasteiger partial charge < -0.3 is 14.4 Å². The predicted octanol–water partition coefficient (Wildman–Crippen LogP) is 2.66. The van der Waals surface area contributed by atoms with Crippen molar-refractivity contribution < 1.29 is 22.7 Å². The van der Waals surface area contributed by atoms with Crippen LogP contribution < -0.4 is 14.4 Å². The SMILES string of the molecule is COc1ccc(N(C(=O)c2cccc(OC)c2)[C@H]2C=CS(=O)(=O)C2)cc1. The molecule has 6 nitrogen and oxygen atoms in total. The standard InChI is InChI=1S/C19H19NO5S/c1-24-17-8-6-15(7-9-17)20(16-10-11-26(22,23)13-16)19(21)14-4-3-5-18(12-14)25-2/h3-12,16H,13H2,1-2H3/t16-/m0/s1. The highest BCUT2D eigenvalue weighted by Crippen LogP contribution is 2.27. The van der Waals surface area contributed by atoms with Gasteiger partial charge in [-0.05, 0) is 48.5 Å². The molecule has 0 aliphatic carbocycles. The molecule has 3 rings (SSSR count). The Hall–Kier alpha value is -2.80. The third-order valence-electron chi connectivity index (χ3n) is 4.13. The zero-order valence-corrected chi connectivity index (χ0v) is 15.3. The molecule has 1 atom stereocenters. The van der Waals surface area contributed by atoms with Gasteiger partial charge in [-0.25, -0.2) is 8.42 Å². The maximum Gasteiger partial charge on any atom is 0.258 e. The van der Waals surface area contributed by atoms with Crippen molar-refractivity contribution in [2.75, 3.05) is 24.9 Å². The summed E-state index contributed by atoms with van der Waals surface area (Å²) >= 11 is 0. The third-order valence-corrected chi connectivity index (χ3v) is 5.51. The lowest BCUT2D eigenvalue weighted by Crippen LogP contribution is -2.41. The second kappa shape index (κ2) is 7.21.